The van der Waals surface area contributed by atoms with E-state index in [1.807, 2.05) is 17.9 Å². The van der Waals surface area contributed by atoms with Crippen molar-refractivity contribution in [2.75, 3.05) is 0 Å². The van der Waals surface area contributed by atoms with Gasteiger partial charge in [0.15, 0.2) is 0 Å². The van der Waals surface area contributed by atoms with Gasteiger partial charge in [-0.1, -0.05) is 5.16 Å². The smallest absolute Gasteiger partial charge is 0.229 e. The quantitative estimate of drug-likeness (QED) is 0.791. The van der Waals surface area contributed by atoms with Crippen molar-refractivity contribution in [3.8, 4) is 0 Å². The molecule has 1 fully saturated rings. The van der Waals surface area contributed by atoms with Gasteiger partial charge in [-0.15, -0.1) is 0 Å². The SMILES string of the molecule is Cc1cc(CC(=O)N2C(C)CCCC2C)no1. The molecular weight excluding hydrogens is 216 g/mol. The number of likely N-dealkylation sites (tertiary alicyclic amines) is 1. The summed E-state index contributed by atoms with van der Waals surface area (Å²) in [5, 5.41) is 3.88. The lowest BCUT2D eigenvalue weighted by Gasteiger charge is -2.39. The van der Waals surface area contributed by atoms with Crippen LogP contribution in [0.4, 0.5) is 0 Å². The van der Waals surface area contributed by atoms with Crippen molar-refractivity contribution in [1.82, 2.24) is 10.1 Å². The third kappa shape index (κ3) is 2.68. The Kier molecular flexibility index (Phi) is 3.50. The minimum atomic E-state index is 0.165. The van der Waals surface area contributed by atoms with Gasteiger partial charge in [-0.3, -0.25) is 4.79 Å². The molecular formula is C13H20N2O2. The van der Waals surface area contributed by atoms with Gasteiger partial charge in [0.25, 0.3) is 0 Å². The number of amides is 1. The number of piperidine rings is 1. The van der Waals surface area contributed by atoms with E-state index in [4.69, 9.17) is 4.52 Å². The predicted molar refractivity (Wildman–Crippen MR) is 64.6 cm³/mol. The second-order valence-corrected chi connectivity index (χ2v) is 5.04. The first-order valence-corrected chi connectivity index (χ1v) is 6.31. The Hall–Kier alpha value is -1.32. The van der Waals surface area contributed by atoms with E-state index in [0.29, 0.717) is 18.5 Å². The molecule has 1 saturated heterocycles. The molecule has 0 saturated carbocycles. The largest absolute Gasteiger partial charge is 0.361 e. The van der Waals surface area contributed by atoms with E-state index < -0.39 is 0 Å². The molecule has 1 aromatic rings. The van der Waals surface area contributed by atoms with Gasteiger partial charge >= 0.3 is 0 Å². The lowest BCUT2D eigenvalue weighted by Crippen LogP contribution is -2.48. The van der Waals surface area contributed by atoms with Crippen LogP contribution in [0.25, 0.3) is 0 Å². The van der Waals surface area contributed by atoms with E-state index in [0.717, 1.165) is 24.3 Å². The fourth-order valence-electron chi connectivity index (χ4n) is 2.66. The van der Waals surface area contributed by atoms with E-state index in [-0.39, 0.29) is 5.91 Å². The molecule has 17 heavy (non-hydrogen) atoms. The second kappa shape index (κ2) is 4.90. The summed E-state index contributed by atoms with van der Waals surface area (Å²) in [5.41, 5.74) is 0.734. The van der Waals surface area contributed by atoms with Gasteiger partial charge in [-0.05, 0) is 40.0 Å². The number of nitrogens with zero attached hydrogens (tertiary/aromatic N) is 2. The van der Waals surface area contributed by atoms with Crippen LogP contribution in [-0.2, 0) is 11.2 Å². The Bertz CT molecular complexity index is 390. The zero-order chi connectivity index (χ0) is 12.4. The van der Waals surface area contributed by atoms with E-state index in [2.05, 4.69) is 19.0 Å². The van der Waals surface area contributed by atoms with E-state index in [9.17, 15) is 4.79 Å². The van der Waals surface area contributed by atoms with Crippen LogP contribution < -0.4 is 0 Å². The Morgan fingerprint density at radius 1 is 1.47 bits per heavy atom. The number of rotatable bonds is 2. The molecule has 0 aliphatic carbocycles. The molecule has 1 aliphatic rings. The monoisotopic (exact) mass is 236 g/mol. The van der Waals surface area contributed by atoms with Gasteiger partial charge in [-0.2, -0.15) is 0 Å². The van der Waals surface area contributed by atoms with Crippen LogP contribution in [0.15, 0.2) is 10.6 Å². The van der Waals surface area contributed by atoms with Gasteiger partial charge in [0.05, 0.1) is 12.1 Å². The van der Waals surface area contributed by atoms with Crippen molar-refractivity contribution in [3.63, 3.8) is 0 Å². The van der Waals surface area contributed by atoms with E-state index in [1.54, 1.807) is 0 Å². The Balaban J connectivity index is 2.03. The maximum Gasteiger partial charge on any atom is 0.229 e. The summed E-state index contributed by atoms with van der Waals surface area (Å²) in [6, 6.07) is 2.52. The number of hydrogen-bond donors (Lipinski definition) is 0. The van der Waals surface area contributed by atoms with Crippen molar-refractivity contribution < 1.29 is 9.32 Å². The van der Waals surface area contributed by atoms with Crippen LogP contribution in [0.5, 0.6) is 0 Å². The highest BCUT2D eigenvalue weighted by molar-refractivity contribution is 5.79. The van der Waals surface area contributed by atoms with Crippen molar-refractivity contribution in [2.45, 2.75) is 58.5 Å². The highest BCUT2D eigenvalue weighted by atomic mass is 16.5. The van der Waals surface area contributed by atoms with Crippen LogP contribution in [0.2, 0.25) is 0 Å². The summed E-state index contributed by atoms with van der Waals surface area (Å²) in [5.74, 6) is 0.922. The van der Waals surface area contributed by atoms with Crippen LogP contribution in [0.1, 0.15) is 44.6 Å². The molecule has 4 nitrogen and oxygen atoms in total. The predicted octanol–water partition coefficient (Wildman–Crippen LogP) is 2.32. The lowest BCUT2D eigenvalue weighted by atomic mass is 9.97. The second-order valence-electron chi connectivity index (χ2n) is 5.04. The number of aromatic nitrogens is 1. The molecule has 94 valence electrons. The van der Waals surface area contributed by atoms with Crippen LogP contribution in [-0.4, -0.2) is 28.0 Å². The number of aryl methyl sites for hydroxylation is 1. The minimum Gasteiger partial charge on any atom is -0.361 e. The zero-order valence-corrected chi connectivity index (χ0v) is 10.8. The first-order chi connectivity index (χ1) is 8.08. The summed E-state index contributed by atoms with van der Waals surface area (Å²) in [6.45, 7) is 6.09. The first kappa shape index (κ1) is 12.1. The Labute approximate surface area is 102 Å². The number of hydrogen-bond acceptors (Lipinski definition) is 3. The molecule has 2 unspecified atom stereocenters. The van der Waals surface area contributed by atoms with Gasteiger partial charge in [0, 0.05) is 18.2 Å². The molecule has 0 radical (unpaired) electrons. The third-order valence-corrected chi connectivity index (χ3v) is 3.49. The maximum absolute atomic E-state index is 12.2. The molecule has 0 N–H and O–H groups in total. The zero-order valence-electron chi connectivity index (χ0n) is 10.8. The van der Waals surface area contributed by atoms with Gasteiger partial charge in [0.1, 0.15) is 5.76 Å². The first-order valence-electron chi connectivity index (χ1n) is 6.31. The number of carbonyl (C=O) groups is 1. The fraction of sp³-hybridized carbons (Fsp3) is 0.692. The Morgan fingerprint density at radius 2 is 2.12 bits per heavy atom. The summed E-state index contributed by atoms with van der Waals surface area (Å²) in [4.78, 5) is 14.2. The fourth-order valence-corrected chi connectivity index (χ4v) is 2.66. The number of carbonyl (C=O) groups excluding carboxylic acids is 1. The van der Waals surface area contributed by atoms with Crippen molar-refractivity contribution in [3.05, 3.63) is 17.5 Å². The molecule has 0 aromatic carbocycles. The van der Waals surface area contributed by atoms with Crippen LogP contribution >= 0.6 is 0 Å². The van der Waals surface area contributed by atoms with Crippen molar-refractivity contribution in [1.29, 1.82) is 0 Å². The summed E-state index contributed by atoms with van der Waals surface area (Å²) >= 11 is 0. The summed E-state index contributed by atoms with van der Waals surface area (Å²) < 4.78 is 4.99. The highest BCUT2D eigenvalue weighted by Gasteiger charge is 2.29. The molecule has 0 spiro atoms. The molecule has 1 aliphatic heterocycles. The average molecular weight is 236 g/mol. The van der Waals surface area contributed by atoms with Gasteiger partial charge < -0.3 is 9.42 Å². The van der Waals surface area contributed by atoms with Gasteiger partial charge in [0.2, 0.25) is 5.91 Å². The van der Waals surface area contributed by atoms with E-state index >= 15 is 0 Å². The minimum absolute atomic E-state index is 0.165. The standard InChI is InChI=1S/C13H20N2O2/c1-9-5-4-6-10(2)15(9)13(16)8-12-7-11(3)17-14-12/h7,9-10H,4-6,8H2,1-3H3. The summed E-state index contributed by atoms with van der Waals surface area (Å²) in [7, 11) is 0. The molecule has 0 bridgehead atoms. The van der Waals surface area contributed by atoms with Crippen molar-refractivity contribution in [2.24, 2.45) is 0 Å². The normalized spacial score (nSPS) is 25.0. The van der Waals surface area contributed by atoms with Crippen LogP contribution in [0, 0.1) is 6.92 Å². The average Bonchev–Trinajstić information content (AvgIpc) is 2.63. The molecule has 4 heteroatoms. The molecule has 2 atom stereocenters. The molecule has 2 heterocycles. The lowest BCUT2D eigenvalue weighted by molar-refractivity contribution is -0.136. The van der Waals surface area contributed by atoms with Crippen molar-refractivity contribution >= 4 is 5.91 Å². The summed E-state index contributed by atoms with van der Waals surface area (Å²) in [6.07, 6.45) is 3.78. The molecule has 1 amide bonds. The highest BCUT2D eigenvalue weighted by Crippen LogP contribution is 2.23. The molecule has 1 aromatic heterocycles. The maximum atomic E-state index is 12.2. The molecule has 2 rings (SSSR count). The van der Waals surface area contributed by atoms with E-state index in [1.165, 1.54) is 6.42 Å². The van der Waals surface area contributed by atoms with Crippen LogP contribution in [0.3, 0.4) is 0 Å². The van der Waals surface area contributed by atoms with Gasteiger partial charge in [-0.25, -0.2) is 0 Å². The topological polar surface area (TPSA) is 46.3 Å². The third-order valence-electron chi connectivity index (χ3n) is 3.49. The Morgan fingerprint density at radius 3 is 2.65 bits per heavy atom.